The summed E-state index contributed by atoms with van der Waals surface area (Å²) in [6, 6.07) is 2.90. The Balaban J connectivity index is 2.56. The molecule has 19 heavy (non-hydrogen) atoms. The van der Waals surface area contributed by atoms with E-state index in [1.807, 2.05) is 0 Å². The number of carbonyl (C=O) groups is 2. The number of carbonyl (C=O) groups excluding carboxylic acids is 1. The molecule has 0 aromatic carbocycles. The molecule has 0 saturated heterocycles. The molecule has 5 nitrogen and oxygen atoms in total. The zero-order valence-corrected chi connectivity index (χ0v) is 11.9. The third-order valence-electron chi connectivity index (χ3n) is 2.48. The minimum absolute atomic E-state index is 0.0546. The van der Waals surface area contributed by atoms with Gasteiger partial charge in [0.1, 0.15) is 0 Å². The first-order valence-electron chi connectivity index (χ1n) is 6.18. The number of rotatable bonds is 7. The quantitative estimate of drug-likeness (QED) is 0.592. The van der Waals surface area contributed by atoms with Crippen LogP contribution in [-0.4, -0.2) is 33.8 Å². The number of pyridine rings is 1. The van der Waals surface area contributed by atoms with Crippen molar-refractivity contribution in [2.75, 3.05) is 6.54 Å². The van der Waals surface area contributed by atoms with E-state index < -0.39 is 5.97 Å². The number of aromatic nitrogens is 1. The van der Waals surface area contributed by atoms with Crippen LogP contribution in [0.2, 0.25) is 0 Å². The first kappa shape index (κ1) is 15.5. The molecule has 0 aliphatic rings. The van der Waals surface area contributed by atoms with Gasteiger partial charge in [-0.15, -0.1) is 0 Å². The molecule has 1 amide bonds. The monoisotopic (exact) mass is 282 g/mol. The van der Waals surface area contributed by atoms with Crippen LogP contribution in [0.1, 0.15) is 37.0 Å². The standard InChI is InChI=1S/C13H18N2O3S/c1-3-4-6-15-12(16)9(2)19-11-8-10(13(17)18)5-7-14-11/h5,7-9H,3-4,6H2,1-2H3,(H,15,16)(H,17,18). The summed E-state index contributed by atoms with van der Waals surface area (Å²) in [5.74, 6) is -1.05. The van der Waals surface area contributed by atoms with Gasteiger partial charge in [-0.2, -0.15) is 0 Å². The van der Waals surface area contributed by atoms with Crippen LogP contribution in [0.3, 0.4) is 0 Å². The summed E-state index contributed by atoms with van der Waals surface area (Å²) < 4.78 is 0. The Morgan fingerprint density at radius 3 is 2.89 bits per heavy atom. The van der Waals surface area contributed by atoms with Crippen molar-refractivity contribution >= 4 is 23.6 Å². The highest BCUT2D eigenvalue weighted by Crippen LogP contribution is 2.21. The van der Waals surface area contributed by atoms with Gasteiger partial charge in [-0.25, -0.2) is 9.78 Å². The van der Waals surface area contributed by atoms with E-state index in [0.717, 1.165) is 12.8 Å². The summed E-state index contributed by atoms with van der Waals surface area (Å²) in [4.78, 5) is 26.7. The van der Waals surface area contributed by atoms with Gasteiger partial charge < -0.3 is 10.4 Å². The van der Waals surface area contributed by atoms with Crippen LogP contribution in [0.4, 0.5) is 0 Å². The number of hydrogen-bond acceptors (Lipinski definition) is 4. The maximum Gasteiger partial charge on any atom is 0.335 e. The van der Waals surface area contributed by atoms with Crippen LogP contribution >= 0.6 is 11.8 Å². The number of aromatic carboxylic acids is 1. The second kappa shape index (κ2) is 7.78. The van der Waals surface area contributed by atoms with Gasteiger partial charge in [0, 0.05) is 12.7 Å². The number of amides is 1. The van der Waals surface area contributed by atoms with Crippen LogP contribution < -0.4 is 5.32 Å². The highest BCUT2D eigenvalue weighted by molar-refractivity contribution is 8.00. The average Bonchev–Trinajstić information content (AvgIpc) is 2.39. The molecule has 1 unspecified atom stereocenters. The van der Waals surface area contributed by atoms with Crippen LogP contribution in [0.25, 0.3) is 0 Å². The van der Waals surface area contributed by atoms with Crippen molar-refractivity contribution in [2.45, 2.75) is 37.0 Å². The highest BCUT2D eigenvalue weighted by atomic mass is 32.2. The maximum absolute atomic E-state index is 11.8. The normalized spacial score (nSPS) is 11.9. The van der Waals surface area contributed by atoms with Crippen molar-refractivity contribution in [3.05, 3.63) is 23.9 Å². The highest BCUT2D eigenvalue weighted by Gasteiger charge is 2.15. The first-order chi connectivity index (χ1) is 9.04. The number of carboxylic acids is 1. The third-order valence-corrected chi connectivity index (χ3v) is 3.51. The van der Waals surface area contributed by atoms with Crippen LogP contribution in [-0.2, 0) is 4.79 Å². The molecule has 0 saturated carbocycles. The van der Waals surface area contributed by atoms with Crippen molar-refractivity contribution in [1.82, 2.24) is 10.3 Å². The summed E-state index contributed by atoms with van der Waals surface area (Å²) >= 11 is 1.25. The van der Waals surface area contributed by atoms with Crippen LogP contribution in [0.15, 0.2) is 23.4 Å². The summed E-state index contributed by atoms with van der Waals surface area (Å²) in [5, 5.41) is 12.0. The van der Waals surface area contributed by atoms with Gasteiger partial charge in [0.2, 0.25) is 5.91 Å². The van der Waals surface area contributed by atoms with E-state index in [1.165, 1.54) is 30.1 Å². The summed E-state index contributed by atoms with van der Waals surface area (Å²) in [6.45, 7) is 4.51. The molecule has 1 rings (SSSR count). The Bertz CT molecular complexity index is 451. The summed E-state index contributed by atoms with van der Waals surface area (Å²) in [5.41, 5.74) is 0.177. The second-order valence-corrected chi connectivity index (χ2v) is 5.45. The van der Waals surface area contributed by atoms with E-state index in [4.69, 9.17) is 5.11 Å². The van der Waals surface area contributed by atoms with Gasteiger partial charge >= 0.3 is 5.97 Å². The largest absolute Gasteiger partial charge is 0.478 e. The topological polar surface area (TPSA) is 79.3 Å². The minimum atomic E-state index is -0.996. The fourth-order valence-corrected chi connectivity index (χ4v) is 2.24. The molecule has 0 aliphatic heterocycles. The molecule has 6 heteroatoms. The lowest BCUT2D eigenvalue weighted by Crippen LogP contribution is -2.31. The Morgan fingerprint density at radius 2 is 2.26 bits per heavy atom. The third kappa shape index (κ3) is 5.30. The molecule has 0 radical (unpaired) electrons. The fraction of sp³-hybridized carbons (Fsp3) is 0.462. The lowest BCUT2D eigenvalue weighted by atomic mass is 10.3. The minimum Gasteiger partial charge on any atom is -0.478 e. The molecule has 0 aliphatic carbocycles. The van der Waals surface area contributed by atoms with Gasteiger partial charge in [-0.3, -0.25) is 4.79 Å². The molecule has 0 spiro atoms. The summed E-state index contributed by atoms with van der Waals surface area (Å²) in [7, 11) is 0. The number of carboxylic acid groups (broad SMARTS) is 1. The predicted octanol–water partition coefficient (Wildman–Crippen LogP) is 2.18. The molecule has 1 aromatic heterocycles. The summed E-state index contributed by atoms with van der Waals surface area (Å²) in [6.07, 6.45) is 3.42. The van der Waals surface area contributed by atoms with E-state index in [9.17, 15) is 9.59 Å². The number of thioether (sulfide) groups is 1. The Labute approximate surface area is 116 Å². The molecule has 0 bridgehead atoms. The van der Waals surface area contributed by atoms with E-state index in [2.05, 4.69) is 17.2 Å². The number of nitrogens with zero attached hydrogens (tertiary/aromatic N) is 1. The Kier molecular flexibility index (Phi) is 6.35. The van der Waals surface area contributed by atoms with Crippen molar-refractivity contribution in [3.8, 4) is 0 Å². The first-order valence-corrected chi connectivity index (χ1v) is 7.06. The number of unbranched alkanes of at least 4 members (excludes halogenated alkanes) is 1. The maximum atomic E-state index is 11.8. The zero-order chi connectivity index (χ0) is 14.3. The predicted molar refractivity (Wildman–Crippen MR) is 74.4 cm³/mol. The van der Waals surface area contributed by atoms with Crippen LogP contribution in [0.5, 0.6) is 0 Å². The van der Waals surface area contributed by atoms with Crippen molar-refractivity contribution in [3.63, 3.8) is 0 Å². The van der Waals surface area contributed by atoms with Crippen molar-refractivity contribution in [1.29, 1.82) is 0 Å². The van der Waals surface area contributed by atoms with Gasteiger partial charge in [-0.1, -0.05) is 25.1 Å². The average molecular weight is 282 g/mol. The smallest absolute Gasteiger partial charge is 0.335 e. The van der Waals surface area contributed by atoms with E-state index in [0.29, 0.717) is 11.6 Å². The lowest BCUT2D eigenvalue weighted by molar-refractivity contribution is -0.120. The van der Waals surface area contributed by atoms with Crippen LogP contribution in [0, 0.1) is 0 Å². The van der Waals surface area contributed by atoms with E-state index in [-0.39, 0.29) is 16.7 Å². The van der Waals surface area contributed by atoms with Crippen molar-refractivity contribution < 1.29 is 14.7 Å². The molecule has 0 fully saturated rings. The van der Waals surface area contributed by atoms with Gasteiger partial charge in [0.05, 0.1) is 15.8 Å². The van der Waals surface area contributed by atoms with Gasteiger partial charge in [-0.05, 0) is 25.5 Å². The molecule has 1 heterocycles. The van der Waals surface area contributed by atoms with Crippen molar-refractivity contribution in [2.24, 2.45) is 0 Å². The Hall–Kier alpha value is -1.56. The fourth-order valence-electron chi connectivity index (χ4n) is 1.37. The zero-order valence-electron chi connectivity index (χ0n) is 11.0. The van der Waals surface area contributed by atoms with Gasteiger partial charge in [0.15, 0.2) is 0 Å². The second-order valence-electron chi connectivity index (χ2n) is 4.09. The Morgan fingerprint density at radius 1 is 1.53 bits per heavy atom. The SMILES string of the molecule is CCCCNC(=O)C(C)Sc1cc(C(=O)O)ccn1. The van der Waals surface area contributed by atoms with E-state index >= 15 is 0 Å². The molecule has 2 N–H and O–H groups in total. The molecular formula is C13H18N2O3S. The van der Waals surface area contributed by atoms with Gasteiger partial charge in [0.25, 0.3) is 0 Å². The molecular weight excluding hydrogens is 264 g/mol. The lowest BCUT2D eigenvalue weighted by Gasteiger charge is -2.11. The molecule has 104 valence electrons. The van der Waals surface area contributed by atoms with E-state index in [1.54, 1.807) is 6.92 Å². The molecule has 1 atom stereocenters. The number of hydrogen-bond donors (Lipinski definition) is 2. The number of nitrogens with one attached hydrogen (secondary N) is 1. The molecule has 1 aromatic rings.